The maximum absolute atomic E-state index is 12.0. The van der Waals surface area contributed by atoms with Gasteiger partial charge in [0.2, 0.25) is 5.12 Å². The molecule has 0 heterocycles. The Hall–Kier alpha value is -2.14. The highest BCUT2D eigenvalue weighted by molar-refractivity contribution is 8.14. The molecule has 96 valence electrons. The van der Waals surface area contributed by atoms with Gasteiger partial charge in [-0.15, -0.1) is 0 Å². The van der Waals surface area contributed by atoms with E-state index in [0.717, 1.165) is 22.2 Å². The number of carbonyl (C=O) groups excluding carboxylic acids is 1. The molecule has 2 rings (SSSR count). The second-order valence-electron chi connectivity index (χ2n) is 4.01. The summed E-state index contributed by atoms with van der Waals surface area (Å²) in [6.45, 7) is 1.98. The second kappa shape index (κ2) is 5.67. The summed E-state index contributed by atoms with van der Waals surface area (Å²) in [5.41, 5.74) is 1.57. The van der Waals surface area contributed by atoms with Gasteiger partial charge in [-0.05, 0) is 43.0 Å². The fourth-order valence-electron chi connectivity index (χ4n) is 1.49. The topological polar surface area (TPSA) is 60.2 Å². The number of benzene rings is 2. The van der Waals surface area contributed by atoms with Gasteiger partial charge in [-0.2, -0.15) is 0 Å². The molecule has 0 amide bonds. The summed E-state index contributed by atoms with van der Waals surface area (Å²) >= 11 is 1.11. The van der Waals surface area contributed by atoms with Crippen LogP contribution in [0.2, 0.25) is 0 Å². The molecule has 0 aliphatic heterocycles. The van der Waals surface area contributed by atoms with Crippen LogP contribution in [0.1, 0.15) is 15.9 Å². The quantitative estimate of drug-likeness (QED) is 0.484. The Morgan fingerprint density at radius 2 is 1.63 bits per heavy atom. The second-order valence-corrected chi connectivity index (χ2v) is 5.05. The summed E-state index contributed by atoms with van der Waals surface area (Å²) in [7, 11) is 0. The van der Waals surface area contributed by atoms with Crippen molar-refractivity contribution in [3.8, 4) is 0 Å². The van der Waals surface area contributed by atoms with Crippen molar-refractivity contribution in [3.63, 3.8) is 0 Å². The number of hydrogen-bond donors (Lipinski definition) is 0. The van der Waals surface area contributed by atoms with E-state index in [9.17, 15) is 14.9 Å². The van der Waals surface area contributed by atoms with Gasteiger partial charge in [0.1, 0.15) is 0 Å². The van der Waals surface area contributed by atoms with Gasteiger partial charge < -0.3 is 0 Å². The summed E-state index contributed by atoms with van der Waals surface area (Å²) in [4.78, 5) is 22.9. The minimum absolute atomic E-state index is 0.0168. The fourth-order valence-corrected chi connectivity index (χ4v) is 2.23. The molecule has 0 aliphatic carbocycles. The first kappa shape index (κ1) is 13.3. The van der Waals surface area contributed by atoms with Crippen LogP contribution in [0.5, 0.6) is 0 Å². The highest BCUT2D eigenvalue weighted by Gasteiger charge is 2.10. The molecule has 2 aromatic rings. The van der Waals surface area contributed by atoms with E-state index in [4.69, 9.17) is 0 Å². The monoisotopic (exact) mass is 273 g/mol. The number of nitro benzene ring substituents is 1. The largest absolute Gasteiger partial charge is 0.281 e. The molecule has 0 unspecified atom stereocenters. The molecular formula is C14H11NO3S. The first-order valence-corrected chi connectivity index (χ1v) is 6.41. The molecule has 0 spiro atoms. The zero-order chi connectivity index (χ0) is 13.8. The van der Waals surface area contributed by atoms with Gasteiger partial charge in [-0.25, -0.2) is 0 Å². The first-order chi connectivity index (χ1) is 9.06. The number of thioether (sulfide) groups is 1. The highest BCUT2D eigenvalue weighted by atomic mass is 32.2. The number of rotatable bonds is 3. The summed E-state index contributed by atoms with van der Waals surface area (Å²) < 4.78 is 0. The number of nitro groups is 1. The van der Waals surface area contributed by atoms with E-state index in [1.807, 2.05) is 31.2 Å². The van der Waals surface area contributed by atoms with Crippen molar-refractivity contribution in [3.05, 3.63) is 69.8 Å². The zero-order valence-electron chi connectivity index (χ0n) is 10.2. The minimum Gasteiger partial charge on any atom is -0.281 e. The van der Waals surface area contributed by atoms with Crippen molar-refractivity contribution in [2.24, 2.45) is 0 Å². The van der Waals surface area contributed by atoms with Gasteiger partial charge in [0.25, 0.3) is 5.69 Å². The number of hydrogen-bond acceptors (Lipinski definition) is 4. The molecule has 0 N–H and O–H groups in total. The lowest BCUT2D eigenvalue weighted by atomic mass is 10.2. The number of carbonyl (C=O) groups is 1. The van der Waals surface area contributed by atoms with Crippen LogP contribution in [0.25, 0.3) is 0 Å². The van der Waals surface area contributed by atoms with Crippen LogP contribution in [-0.4, -0.2) is 10.0 Å². The molecule has 0 aromatic heterocycles. The van der Waals surface area contributed by atoms with Crippen molar-refractivity contribution >= 4 is 22.6 Å². The third-order valence-electron chi connectivity index (χ3n) is 2.55. The van der Waals surface area contributed by atoms with Gasteiger partial charge in [-0.3, -0.25) is 14.9 Å². The van der Waals surface area contributed by atoms with E-state index >= 15 is 0 Å². The van der Waals surface area contributed by atoms with Crippen LogP contribution in [0.4, 0.5) is 5.69 Å². The number of aryl methyl sites for hydroxylation is 1. The van der Waals surface area contributed by atoms with Gasteiger partial charge in [0, 0.05) is 22.6 Å². The van der Waals surface area contributed by atoms with E-state index in [1.54, 1.807) is 0 Å². The summed E-state index contributed by atoms with van der Waals surface area (Å²) in [6.07, 6.45) is 0. The lowest BCUT2D eigenvalue weighted by molar-refractivity contribution is -0.384. The Morgan fingerprint density at radius 3 is 2.16 bits per heavy atom. The number of nitrogens with zero attached hydrogens (tertiary/aromatic N) is 1. The van der Waals surface area contributed by atoms with E-state index in [-0.39, 0.29) is 10.8 Å². The zero-order valence-corrected chi connectivity index (χ0v) is 11.0. The molecule has 2 aromatic carbocycles. The van der Waals surface area contributed by atoms with Gasteiger partial charge in [0.15, 0.2) is 0 Å². The van der Waals surface area contributed by atoms with Crippen molar-refractivity contribution < 1.29 is 9.72 Å². The fraction of sp³-hybridized carbons (Fsp3) is 0.0714. The Morgan fingerprint density at radius 1 is 1.05 bits per heavy atom. The molecule has 0 atom stereocenters. The lowest BCUT2D eigenvalue weighted by Crippen LogP contribution is -1.94. The molecule has 0 fully saturated rings. The van der Waals surface area contributed by atoms with Crippen LogP contribution in [0, 0.1) is 17.0 Å². The Labute approximate surface area is 114 Å². The Kier molecular flexibility index (Phi) is 3.97. The molecule has 5 heteroatoms. The predicted octanol–water partition coefficient (Wildman–Crippen LogP) is 3.84. The van der Waals surface area contributed by atoms with Crippen LogP contribution >= 0.6 is 11.8 Å². The van der Waals surface area contributed by atoms with Crippen molar-refractivity contribution in [1.29, 1.82) is 0 Å². The Bertz CT molecular complexity index is 606. The molecule has 4 nitrogen and oxygen atoms in total. The first-order valence-electron chi connectivity index (χ1n) is 5.59. The maximum atomic E-state index is 12.0. The maximum Gasteiger partial charge on any atom is 0.269 e. The summed E-state index contributed by atoms with van der Waals surface area (Å²) in [6, 6.07) is 13.2. The van der Waals surface area contributed by atoms with Gasteiger partial charge in [0.05, 0.1) is 4.92 Å². The number of non-ortho nitro benzene ring substituents is 1. The normalized spacial score (nSPS) is 10.2. The molecular weight excluding hydrogens is 262 g/mol. The standard InChI is InChI=1S/C14H11NO3S/c1-10-2-8-13(9-3-10)19-14(16)11-4-6-12(7-5-11)15(17)18/h2-9H,1H3. The average molecular weight is 273 g/mol. The predicted molar refractivity (Wildman–Crippen MR) is 74.5 cm³/mol. The van der Waals surface area contributed by atoms with Crippen molar-refractivity contribution in [1.82, 2.24) is 0 Å². The van der Waals surface area contributed by atoms with Crippen LogP contribution in [0.15, 0.2) is 53.4 Å². The summed E-state index contributed by atoms with van der Waals surface area (Å²) in [5, 5.41) is 10.4. The lowest BCUT2D eigenvalue weighted by Gasteiger charge is -2.01. The van der Waals surface area contributed by atoms with Crippen molar-refractivity contribution in [2.45, 2.75) is 11.8 Å². The van der Waals surface area contributed by atoms with Gasteiger partial charge in [-0.1, -0.05) is 17.7 Å². The molecule has 0 aliphatic rings. The highest BCUT2D eigenvalue weighted by Crippen LogP contribution is 2.24. The van der Waals surface area contributed by atoms with E-state index in [0.29, 0.717) is 5.56 Å². The van der Waals surface area contributed by atoms with Gasteiger partial charge >= 0.3 is 0 Å². The molecule has 0 saturated carbocycles. The summed E-state index contributed by atoms with van der Waals surface area (Å²) in [5.74, 6) is 0. The van der Waals surface area contributed by atoms with E-state index in [1.165, 1.54) is 24.3 Å². The molecule has 0 radical (unpaired) electrons. The van der Waals surface area contributed by atoms with Crippen LogP contribution in [-0.2, 0) is 0 Å². The third-order valence-corrected chi connectivity index (χ3v) is 3.47. The third kappa shape index (κ3) is 3.42. The van der Waals surface area contributed by atoms with Crippen LogP contribution < -0.4 is 0 Å². The average Bonchev–Trinajstić information content (AvgIpc) is 2.41. The van der Waals surface area contributed by atoms with E-state index < -0.39 is 4.92 Å². The molecule has 0 saturated heterocycles. The van der Waals surface area contributed by atoms with Crippen molar-refractivity contribution in [2.75, 3.05) is 0 Å². The minimum atomic E-state index is -0.485. The van der Waals surface area contributed by atoms with E-state index in [2.05, 4.69) is 0 Å². The van der Waals surface area contributed by atoms with Crippen LogP contribution in [0.3, 0.4) is 0 Å². The molecule has 19 heavy (non-hydrogen) atoms. The SMILES string of the molecule is Cc1ccc(SC(=O)c2ccc([N+](=O)[O-])cc2)cc1. The molecule has 0 bridgehead atoms. The smallest absolute Gasteiger partial charge is 0.269 e. The Balaban J connectivity index is 2.11.